The van der Waals surface area contributed by atoms with Crippen LogP contribution in [0.2, 0.25) is 0 Å². The Morgan fingerprint density at radius 1 is 1.32 bits per heavy atom. The fourth-order valence-corrected chi connectivity index (χ4v) is 3.76. The van der Waals surface area contributed by atoms with Crippen molar-refractivity contribution in [3.8, 4) is 0 Å². The summed E-state index contributed by atoms with van der Waals surface area (Å²) in [7, 11) is 0. The Hall–Kier alpha value is -3.19. The molecule has 3 aromatic heterocycles. The number of carbonyl (C=O) groups excluding carboxylic acids is 1. The van der Waals surface area contributed by atoms with Crippen LogP contribution < -0.4 is 10.2 Å². The Balaban J connectivity index is 1.50. The van der Waals surface area contributed by atoms with Crippen LogP contribution in [-0.2, 0) is 11.3 Å². The first-order chi connectivity index (χ1) is 15.1. The number of hydrogen-bond donors (Lipinski definition) is 1. The summed E-state index contributed by atoms with van der Waals surface area (Å²) in [6.07, 6.45) is 1.73. The minimum Gasteiger partial charge on any atom is -0.395 e. The normalized spacial score (nSPS) is 14.2. The second kappa shape index (κ2) is 9.31. The Bertz CT molecular complexity index is 1090. The third kappa shape index (κ3) is 4.61. The molecule has 4 rings (SSSR count). The maximum absolute atomic E-state index is 12.2. The van der Waals surface area contributed by atoms with Crippen LogP contribution in [0.3, 0.4) is 0 Å². The molecule has 0 spiro atoms. The van der Waals surface area contributed by atoms with E-state index in [1.165, 1.54) is 6.07 Å². The average Bonchev–Trinajstić information content (AvgIpc) is 3.42. The minimum atomic E-state index is -0.690. The van der Waals surface area contributed by atoms with Gasteiger partial charge in [-0.05, 0) is 11.8 Å². The fraction of sp³-hybridized carbons (Fsp3) is 0.444. The molecule has 1 aliphatic rings. The Morgan fingerprint density at radius 3 is 2.84 bits per heavy atom. The van der Waals surface area contributed by atoms with Gasteiger partial charge in [0.05, 0.1) is 37.4 Å². The molecular formula is C18H21N7O5S. The third-order valence-electron chi connectivity index (χ3n) is 4.64. The lowest BCUT2D eigenvalue weighted by atomic mass is 10.3. The van der Waals surface area contributed by atoms with E-state index in [9.17, 15) is 14.9 Å². The molecule has 31 heavy (non-hydrogen) atoms. The molecular weight excluding hydrogens is 426 g/mol. The monoisotopic (exact) mass is 447 g/mol. The molecule has 0 aromatic carbocycles. The number of furan rings is 1. The van der Waals surface area contributed by atoms with Gasteiger partial charge in [-0.25, -0.2) is 14.6 Å². The summed E-state index contributed by atoms with van der Waals surface area (Å²) >= 11 is 1.55. The molecule has 0 saturated carbocycles. The van der Waals surface area contributed by atoms with Crippen molar-refractivity contribution in [2.75, 3.05) is 43.5 Å². The summed E-state index contributed by atoms with van der Waals surface area (Å²) in [6.45, 7) is 5.45. The molecule has 0 aliphatic carbocycles. The number of rotatable bonds is 8. The highest BCUT2D eigenvalue weighted by Gasteiger charge is 2.21. The average molecular weight is 447 g/mol. The summed E-state index contributed by atoms with van der Waals surface area (Å²) in [4.78, 5) is 33.7. The summed E-state index contributed by atoms with van der Waals surface area (Å²) in [6, 6.07) is 2.42. The van der Waals surface area contributed by atoms with Gasteiger partial charge in [-0.1, -0.05) is 18.7 Å². The highest BCUT2D eigenvalue weighted by molar-refractivity contribution is 7.99. The van der Waals surface area contributed by atoms with Gasteiger partial charge in [-0.15, -0.1) is 0 Å². The molecule has 1 N–H and O–H groups in total. The largest absolute Gasteiger partial charge is 0.433 e. The van der Waals surface area contributed by atoms with Gasteiger partial charge in [0.1, 0.15) is 10.7 Å². The number of amides is 1. The summed E-state index contributed by atoms with van der Waals surface area (Å²) in [5.41, 5.74) is 0.690. The zero-order valence-electron chi connectivity index (χ0n) is 16.8. The number of nitro groups is 1. The number of hydrogen-bond acceptors (Lipinski definition) is 10. The molecule has 0 atom stereocenters. The number of thioether (sulfide) groups is 1. The fourth-order valence-electron chi connectivity index (χ4n) is 3.20. The van der Waals surface area contributed by atoms with E-state index in [1.54, 1.807) is 22.6 Å². The first-order valence-corrected chi connectivity index (χ1v) is 10.8. The molecule has 13 heteroatoms. The van der Waals surface area contributed by atoms with Crippen LogP contribution in [0.4, 0.5) is 11.7 Å². The van der Waals surface area contributed by atoms with Gasteiger partial charge < -0.3 is 19.4 Å². The van der Waals surface area contributed by atoms with Crippen molar-refractivity contribution in [3.05, 3.63) is 34.2 Å². The van der Waals surface area contributed by atoms with Crippen LogP contribution >= 0.6 is 11.8 Å². The molecule has 1 amide bonds. The molecule has 4 heterocycles. The standard InChI is InChI=1S/C18H21N7O5S/c1-2-31-18-21-15(23-7-9-29-10-8-23)12-11-20-24(16(12)22-18)6-5-19-17(26)13-3-4-14(30-13)25(27)28/h3-4,11H,2,5-10H2,1H3,(H,19,26). The van der Waals surface area contributed by atoms with Crippen LogP contribution in [0.5, 0.6) is 0 Å². The zero-order chi connectivity index (χ0) is 21.8. The smallest absolute Gasteiger partial charge is 0.395 e. The number of nitrogens with zero attached hydrogens (tertiary/aromatic N) is 6. The molecule has 164 valence electrons. The van der Waals surface area contributed by atoms with Gasteiger partial charge in [0.2, 0.25) is 0 Å². The van der Waals surface area contributed by atoms with Crippen molar-refractivity contribution < 1.29 is 18.9 Å². The van der Waals surface area contributed by atoms with Crippen molar-refractivity contribution in [1.29, 1.82) is 0 Å². The minimum absolute atomic E-state index is 0.115. The highest BCUT2D eigenvalue weighted by Crippen LogP contribution is 2.27. The number of anilines is 1. The highest BCUT2D eigenvalue weighted by atomic mass is 32.2. The van der Waals surface area contributed by atoms with E-state index in [2.05, 4.69) is 20.3 Å². The van der Waals surface area contributed by atoms with E-state index in [1.807, 2.05) is 6.92 Å². The van der Waals surface area contributed by atoms with Crippen molar-refractivity contribution in [2.45, 2.75) is 18.6 Å². The van der Waals surface area contributed by atoms with Crippen LogP contribution in [0.1, 0.15) is 17.5 Å². The van der Waals surface area contributed by atoms with Gasteiger partial charge in [0, 0.05) is 19.6 Å². The van der Waals surface area contributed by atoms with Crippen molar-refractivity contribution in [2.24, 2.45) is 0 Å². The molecule has 12 nitrogen and oxygen atoms in total. The lowest BCUT2D eigenvalue weighted by molar-refractivity contribution is -0.402. The second-order valence-corrected chi connectivity index (χ2v) is 7.85. The summed E-state index contributed by atoms with van der Waals surface area (Å²) in [5.74, 6) is 0.554. The lowest BCUT2D eigenvalue weighted by Crippen LogP contribution is -2.37. The Morgan fingerprint density at radius 2 is 2.13 bits per heavy atom. The maximum atomic E-state index is 12.2. The number of aromatic nitrogens is 4. The SMILES string of the molecule is CCSc1nc(N2CCOCC2)c2cnn(CCNC(=O)c3ccc([N+](=O)[O-])o3)c2n1. The van der Waals surface area contributed by atoms with Crippen molar-refractivity contribution >= 4 is 40.4 Å². The van der Waals surface area contributed by atoms with Gasteiger partial charge in [-0.2, -0.15) is 5.10 Å². The van der Waals surface area contributed by atoms with Gasteiger partial charge in [-0.3, -0.25) is 14.9 Å². The van der Waals surface area contributed by atoms with E-state index in [0.717, 1.165) is 36.1 Å². The number of ether oxygens (including phenoxy) is 1. The van der Waals surface area contributed by atoms with Crippen molar-refractivity contribution in [3.63, 3.8) is 0 Å². The number of carbonyl (C=O) groups is 1. The Labute approximate surface area is 181 Å². The van der Waals surface area contributed by atoms with Gasteiger partial charge >= 0.3 is 5.88 Å². The lowest BCUT2D eigenvalue weighted by Gasteiger charge is -2.28. The van der Waals surface area contributed by atoms with E-state index in [4.69, 9.17) is 14.1 Å². The van der Waals surface area contributed by atoms with E-state index < -0.39 is 16.7 Å². The van der Waals surface area contributed by atoms with E-state index >= 15 is 0 Å². The van der Waals surface area contributed by atoms with Crippen molar-refractivity contribution in [1.82, 2.24) is 25.1 Å². The van der Waals surface area contributed by atoms with Crippen LogP contribution in [-0.4, -0.2) is 69.2 Å². The molecule has 1 aliphatic heterocycles. The first-order valence-electron chi connectivity index (χ1n) is 9.78. The molecule has 1 saturated heterocycles. The molecule has 3 aromatic rings. The molecule has 0 radical (unpaired) electrons. The molecule has 0 bridgehead atoms. The van der Waals surface area contributed by atoms with Crippen LogP contribution in [0, 0.1) is 10.1 Å². The van der Waals surface area contributed by atoms with E-state index in [0.29, 0.717) is 30.6 Å². The predicted octanol–water partition coefficient (Wildman–Crippen LogP) is 1.71. The second-order valence-electron chi connectivity index (χ2n) is 6.62. The molecule has 0 unspecified atom stereocenters. The van der Waals surface area contributed by atoms with Crippen LogP contribution in [0.15, 0.2) is 27.9 Å². The van der Waals surface area contributed by atoms with Crippen LogP contribution in [0.25, 0.3) is 11.0 Å². The Kier molecular flexibility index (Phi) is 6.32. The number of morpholine rings is 1. The molecule has 1 fully saturated rings. The predicted molar refractivity (Wildman–Crippen MR) is 112 cm³/mol. The quantitative estimate of drug-likeness (QED) is 0.235. The van der Waals surface area contributed by atoms with Gasteiger partial charge in [0.25, 0.3) is 5.91 Å². The number of nitrogens with one attached hydrogen (secondary N) is 1. The zero-order valence-corrected chi connectivity index (χ0v) is 17.6. The third-order valence-corrected chi connectivity index (χ3v) is 5.37. The summed E-state index contributed by atoms with van der Waals surface area (Å²) < 4.78 is 12.1. The van der Waals surface area contributed by atoms with E-state index in [-0.39, 0.29) is 12.3 Å². The summed E-state index contributed by atoms with van der Waals surface area (Å²) in [5, 5.41) is 19.3. The maximum Gasteiger partial charge on any atom is 0.433 e. The number of fused-ring (bicyclic) bond motifs is 1. The van der Waals surface area contributed by atoms with Gasteiger partial charge in [0.15, 0.2) is 16.6 Å². The topological polar surface area (TPSA) is 141 Å². The first kappa shape index (κ1) is 21.1.